The Morgan fingerprint density at radius 1 is 1.11 bits per heavy atom. The molecular weight excluding hydrogens is 445 g/mol. The number of carbonyl (C=O) groups excluding carboxylic acids is 2. The minimum absolute atomic E-state index is 0. The molecule has 182 valence electrons. The van der Waals surface area contributed by atoms with Gasteiger partial charge in [-0.05, 0) is 54.8 Å². The molecule has 7 heteroatoms. The molecule has 0 unspecified atom stereocenters. The Morgan fingerprint density at radius 3 is 2.63 bits per heavy atom. The minimum atomic E-state index is -0.414. The van der Waals surface area contributed by atoms with Crippen LogP contribution < -0.4 is 5.32 Å². The molecule has 0 spiro atoms. The lowest BCUT2D eigenvalue weighted by atomic mass is 10.0. The summed E-state index contributed by atoms with van der Waals surface area (Å²) < 4.78 is 20.8. The standard InChI is InChI=1S/C28H28FN3O3.H2/c1-4-35-28(34)20-11-12-23-24(15-20)32(17-22-10-5-6-13-30-22)26(18(2)3)25(23)27(33)31-16-19-8-7-9-21(29)14-19;/h5-15,18H,4,16-17H2,1-3H3,(H,31,33);1H. The second kappa shape index (κ2) is 10.5. The van der Waals surface area contributed by atoms with Crippen LogP contribution in [0.2, 0.25) is 0 Å². The Kier molecular flexibility index (Phi) is 7.25. The summed E-state index contributed by atoms with van der Waals surface area (Å²) in [5, 5.41) is 3.67. The van der Waals surface area contributed by atoms with E-state index in [4.69, 9.17) is 4.74 Å². The van der Waals surface area contributed by atoms with E-state index in [1.54, 1.807) is 43.5 Å². The van der Waals surface area contributed by atoms with Crippen molar-refractivity contribution in [2.45, 2.75) is 39.8 Å². The number of benzene rings is 2. The number of nitrogens with one attached hydrogen (secondary N) is 1. The lowest BCUT2D eigenvalue weighted by Gasteiger charge is -2.15. The van der Waals surface area contributed by atoms with E-state index in [1.807, 2.05) is 36.6 Å². The fourth-order valence-electron chi connectivity index (χ4n) is 4.29. The summed E-state index contributed by atoms with van der Waals surface area (Å²) in [7, 11) is 0. The molecular formula is C28H30FN3O3. The molecule has 0 fully saturated rings. The van der Waals surface area contributed by atoms with Gasteiger partial charge in [0, 0.05) is 25.2 Å². The lowest BCUT2D eigenvalue weighted by molar-refractivity contribution is 0.0526. The van der Waals surface area contributed by atoms with Crippen LogP contribution in [0.25, 0.3) is 10.9 Å². The van der Waals surface area contributed by atoms with Crippen molar-refractivity contribution in [1.82, 2.24) is 14.9 Å². The number of hydrogen-bond donors (Lipinski definition) is 1. The van der Waals surface area contributed by atoms with Crippen molar-refractivity contribution in [3.05, 3.63) is 101 Å². The first-order valence-corrected chi connectivity index (χ1v) is 11.6. The Morgan fingerprint density at radius 2 is 1.94 bits per heavy atom. The summed E-state index contributed by atoms with van der Waals surface area (Å²) in [4.78, 5) is 30.4. The van der Waals surface area contributed by atoms with Gasteiger partial charge in [0.1, 0.15) is 5.82 Å². The molecule has 1 N–H and O–H groups in total. The Balaban J connectivity index is 0.00000361. The van der Waals surface area contributed by atoms with Crippen molar-refractivity contribution in [2.24, 2.45) is 0 Å². The van der Waals surface area contributed by atoms with Gasteiger partial charge in [0.2, 0.25) is 0 Å². The van der Waals surface area contributed by atoms with Gasteiger partial charge in [0.15, 0.2) is 0 Å². The number of halogens is 1. The molecule has 0 aliphatic heterocycles. The van der Waals surface area contributed by atoms with Crippen LogP contribution in [0.1, 0.15) is 65.8 Å². The normalized spacial score (nSPS) is 11.1. The van der Waals surface area contributed by atoms with Crippen LogP contribution in [-0.2, 0) is 17.8 Å². The summed E-state index contributed by atoms with van der Waals surface area (Å²) in [6.45, 7) is 6.72. The second-order valence-electron chi connectivity index (χ2n) is 8.59. The van der Waals surface area contributed by atoms with Gasteiger partial charge in [0.05, 0.1) is 35.5 Å². The quantitative estimate of drug-likeness (QED) is 0.332. The molecule has 0 aliphatic carbocycles. The molecule has 0 saturated heterocycles. The van der Waals surface area contributed by atoms with E-state index in [0.29, 0.717) is 23.2 Å². The van der Waals surface area contributed by atoms with Gasteiger partial charge in [-0.3, -0.25) is 9.78 Å². The van der Waals surface area contributed by atoms with Gasteiger partial charge in [-0.25, -0.2) is 9.18 Å². The number of ether oxygens (including phenoxy) is 1. The van der Waals surface area contributed by atoms with Gasteiger partial charge in [-0.15, -0.1) is 0 Å². The first-order chi connectivity index (χ1) is 16.9. The zero-order chi connectivity index (χ0) is 24.9. The third kappa shape index (κ3) is 5.24. The van der Waals surface area contributed by atoms with Crippen LogP contribution in [0.4, 0.5) is 4.39 Å². The fourth-order valence-corrected chi connectivity index (χ4v) is 4.29. The average Bonchev–Trinajstić information content (AvgIpc) is 3.17. The number of fused-ring (bicyclic) bond motifs is 1. The number of aromatic nitrogens is 2. The highest BCUT2D eigenvalue weighted by Crippen LogP contribution is 2.33. The number of hydrogen-bond acceptors (Lipinski definition) is 4. The molecule has 4 rings (SSSR count). The number of esters is 1. The molecule has 2 aromatic carbocycles. The van der Waals surface area contributed by atoms with Crippen molar-refractivity contribution < 1.29 is 20.1 Å². The van der Waals surface area contributed by atoms with Crippen molar-refractivity contribution in [3.63, 3.8) is 0 Å². The molecule has 6 nitrogen and oxygen atoms in total. The molecule has 0 saturated carbocycles. The number of carbonyl (C=O) groups is 2. The molecule has 0 bridgehead atoms. The second-order valence-corrected chi connectivity index (χ2v) is 8.59. The molecule has 35 heavy (non-hydrogen) atoms. The monoisotopic (exact) mass is 475 g/mol. The first-order valence-electron chi connectivity index (χ1n) is 11.6. The van der Waals surface area contributed by atoms with E-state index in [-0.39, 0.29) is 32.2 Å². The molecule has 0 aliphatic rings. The van der Waals surface area contributed by atoms with Gasteiger partial charge in [0.25, 0.3) is 5.91 Å². The predicted molar refractivity (Wildman–Crippen MR) is 135 cm³/mol. The van der Waals surface area contributed by atoms with Crippen molar-refractivity contribution in [3.8, 4) is 0 Å². The van der Waals surface area contributed by atoms with E-state index in [9.17, 15) is 14.0 Å². The summed E-state index contributed by atoms with van der Waals surface area (Å²) in [6, 6.07) is 17.1. The molecule has 2 heterocycles. The first kappa shape index (κ1) is 24.1. The van der Waals surface area contributed by atoms with Crippen LogP contribution >= 0.6 is 0 Å². The fraction of sp³-hybridized carbons (Fsp3) is 0.250. The van der Waals surface area contributed by atoms with Gasteiger partial charge < -0.3 is 14.6 Å². The van der Waals surface area contributed by atoms with Gasteiger partial charge in [-0.1, -0.05) is 38.1 Å². The molecule has 1 amide bonds. The summed E-state index contributed by atoms with van der Waals surface area (Å²) >= 11 is 0. The van der Waals surface area contributed by atoms with Crippen molar-refractivity contribution in [2.75, 3.05) is 6.61 Å². The van der Waals surface area contributed by atoms with Crippen molar-refractivity contribution in [1.29, 1.82) is 0 Å². The third-order valence-electron chi connectivity index (χ3n) is 5.78. The van der Waals surface area contributed by atoms with Crippen LogP contribution in [-0.4, -0.2) is 28.0 Å². The van der Waals surface area contributed by atoms with E-state index in [0.717, 1.165) is 22.3 Å². The van der Waals surface area contributed by atoms with E-state index >= 15 is 0 Å². The highest BCUT2D eigenvalue weighted by Gasteiger charge is 2.25. The number of nitrogens with zero attached hydrogens (tertiary/aromatic N) is 2. The van der Waals surface area contributed by atoms with Crippen LogP contribution in [0.5, 0.6) is 0 Å². The highest BCUT2D eigenvalue weighted by atomic mass is 19.1. The number of amides is 1. The third-order valence-corrected chi connectivity index (χ3v) is 5.78. The molecule has 4 aromatic rings. The van der Waals surface area contributed by atoms with E-state index < -0.39 is 5.97 Å². The largest absolute Gasteiger partial charge is 0.462 e. The summed E-state index contributed by atoms with van der Waals surface area (Å²) in [5.41, 5.74) is 4.05. The topological polar surface area (TPSA) is 73.2 Å². The van der Waals surface area contributed by atoms with E-state index in [2.05, 4.69) is 10.3 Å². The van der Waals surface area contributed by atoms with Crippen LogP contribution in [0.3, 0.4) is 0 Å². The SMILES string of the molecule is CCOC(=O)c1ccc2c(C(=O)NCc3cccc(F)c3)c(C(C)C)n(Cc3ccccn3)c2c1.[HH]. The number of rotatable bonds is 8. The van der Waals surface area contributed by atoms with Crippen LogP contribution in [0.15, 0.2) is 66.9 Å². The molecule has 0 atom stereocenters. The Bertz CT molecular complexity index is 1370. The van der Waals surface area contributed by atoms with Crippen LogP contribution in [0, 0.1) is 5.82 Å². The predicted octanol–water partition coefficient (Wildman–Crippen LogP) is 5.70. The maximum Gasteiger partial charge on any atom is 0.338 e. The van der Waals surface area contributed by atoms with Gasteiger partial charge in [-0.2, -0.15) is 0 Å². The lowest BCUT2D eigenvalue weighted by Crippen LogP contribution is -2.24. The highest BCUT2D eigenvalue weighted by molar-refractivity contribution is 6.10. The zero-order valence-corrected chi connectivity index (χ0v) is 20.0. The van der Waals surface area contributed by atoms with Gasteiger partial charge >= 0.3 is 5.97 Å². The Labute approximate surface area is 205 Å². The minimum Gasteiger partial charge on any atom is -0.462 e. The summed E-state index contributed by atoms with van der Waals surface area (Å²) in [6.07, 6.45) is 1.73. The number of pyridine rings is 1. The maximum atomic E-state index is 13.6. The zero-order valence-electron chi connectivity index (χ0n) is 20.0. The smallest absolute Gasteiger partial charge is 0.338 e. The maximum absolute atomic E-state index is 13.6. The average molecular weight is 476 g/mol. The van der Waals surface area contributed by atoms with Crippen molar-refractivity contribution >= 4 is 22.8 Å². The summed E-state index contributed by atoms with van der Waals surface area (Å²) in [5.74, 6) is -1.01. The van der Waals surface area contributed by atoms with E-state index in [1.165, 1.54) is 12.1 Å². The Hall–Kier alpha value is -4.00. The molecule has 2 aromatic heterocycles. The molecule has 0 radical (unpaired) electrons.